The van der Waals surface area contributed by atoms with Crippen molar-refractivity contribution in [1.29, 1.82) is 0 Å². The van der Waals surface area contributed by atoms with Crippen molar-refractivity contribution >= 4 is 0 Å². The number of hydrogen-bond donors (Lipinski definition) is 1. The summed E-state index contributed by atoms with van der Waals surface area (Å²) < 4.78 is 25.8. The van der Waals surface area contributed by atoms with Gasteiger partial charge in [-0.2, -0.15) is 0 Å². The van der Waals surface area contributed by atoms with Gasteiger partial charge in [-0.05, 0) is 36.5 Å². The van der Waals surface area contributed by atoms with Gasteiger partial charge in [0.15, 0.2) is 11.6 Å². The van der Waals surface area contributed by atoms with Gasteiger partial charge in [-0.3, -0.25) is 0 Å². The lowest BCUT2D eigenvalue weighted by atomic mass is 9.86. The molecule has 16 heavy (non-hydrogen) atoms. The van der Waals surface area contributed by atoms with Crippen LogP contribution in [-0.4, -0.2) is 10.7 Å². The first kappa shape index (κ1) is 11.5. The molecule has 1 N–H and O–H groups in total. The maximum Gasteiger partial charge on any atom is 0.159 e. The van der Waals surface area contributed by atoms with E-state index in [9.17, 15) is 13.9 Å². The largest absolute Gasteiger partial charge is 0.389 e. The number of benzene rings is 1. The highest BCUT2D eigenvalue weighted by Gasteiger charge is 2.38. The van der Waals surface area contributed by atoms with Gasteiger partial charge in [0.25, 0.3) is 0 Å². The molecule has 0 heterocycles. The Balaban J connectivity index is 2.17. The Morgan fingerprint density at radius 2 is 2.12 bits per heavy atom. The third kappa shape index (κ3) is 2.09. The minimum absolute atomic E-state index is 0.223. The van der Waals surface area contributed by atoms with E-state index in [1.807, 2.05) is 6.92 Å². The number of rotatable bonds is 2. The first-order valence-electron chi connectivity index (χ1n) is 5.67. The topological polar surface area (TPSA) is 20.2 Å². The highest BCUT2D eigenvalue weighted by Crippen LogP contribution is 2.37. The third-order valence-corrected chi connectivity index (χ3v) is 3.66. The van der Waals surface area contributed by atoms with Gasteiger partial charge in [-0.25, -0.2) is 8.78 Å². The fourth-order valence-corrected chi connectivity index (χ4v) is 2.50. The Morgan fingerprint density at radius 1 is 1.38 bits per heavy atom. The standard InChI is InChI=1S/C13H16F2O/c1-9-3-2-6-13(9,16)8-10-4-5-11(14)12(15)7-10/h4-5,7,9,16H,2-3,6,8H2,1H3. The van der Waals surface area contributed by atoms with E-state index in [2.05, 4.69) is 0 Å². The molecule has 3 heteroatoms. The van der Waals surface area contributed by atoms with Gasteiger partial charge >= 0.3 is 0 Å². The molecule has 1 saturated carbocycles. The molecule has 1 nitrogen and oxygen atoms in total. The number of hydrogen-bond acceptors (Lipinski definition) is 1. The molecule has 0 aromatic heterocycles. The van der Waals surface area contributed by atoms with Crippen molar-refractivity contribution in [3.63, 3.8) is 0 Å². The zero-order chi connectivity index (χ0) is 11.8. The first-order valence-corrected chi connectivity index (χ1v) is 5.67. The zero-order valence-corrected chi connectivity index (χ0v) is 9.34. The van der Waals surface area contributed by atoms with Crippen LogP contribution in [0.15, 0.2) is 18.2 Å². The quantitative estimate of drug-likeness (QED) is 0.821. The molecule has 0 amide bonds. The van der Waals surface area contributed by atoms with E-state index in [4.69, 9.17) is 0 Å². The third-order valence-electron chi connectivity index (χ3n) is 3.66. The second kappa shape index (κ2) is 4.13. The van der Waals surface area contributed by atoms with Gasteiger partial charge in [0.2, 0.25) is 0 Å². The summed E-state index contributed by atoms with van der Waals surface area (Å²) >= 11 is 0. The molecule has 1 aliphatic rings. The molecule has 0 spiro atoms. The Bertz CT molecular complexity index is 392. The molecule has 1 aliphatic carbocycles. The summed E-state index contributed by atoms with van der Waals surface area (Å²) in [6, 6.07) is 3.84. The fourth-order valence-electron chi connectivity index (χ4n) is 2.50. The second-order valence-electron chi connectivity index (χ2n) is 4.82. The van der Waals surface area contributed by atoms with Crippen LogP contribution >= 0.6 is 0 Å². The molecule has 1 fully saturated rings. The molecule has 2 unspecified atom stereocenters. The number of halogens is 2. The van der Waals surface area contributed by atoms with Crippen molar-refractivity contribution in [2.75, 3.05) is 0 Å². The highest BCUT2D eigenvalue weighted by atomic mass is 19.2. The summed E-state index contributed by atoms with van der Waals surface area (Å²) in [4.78, 5) is 0. The predicted molar refractivity (Wildman–Crippen MR) is 58.0 cm³/mol. The second-order valence-corrected chi connectivity index (χ2v) is 4.82. The minimum atomic E-state index is -0.841. The Morgan fingerprint density at radius 3 is 2.69 bits per heavy atom. The monoisotopic (exact) mass is 226 g/mol. The van der Waals surface area contributed by atoms with Crippen LogP contribution in [-0.2, 0) is 6.42 Å². The van der Waals surface area contributed by atoms with E-state index in [0.717, 1.165) is 25.3 Å². The van der Waals surface area contributed by atoms with Crippen molar-refractivity contribution in [1.82, 2.24) is 0 Å². The van der Waals surface area contributed by atoms with Crippen LogP contribution in [0.25, 0.3) is 0 Å². The summed E-state index contributed by atoms with van der Waals surface area (Å²) in [5, 5.41) is 10.4. The van der Waals surface area contributed by atoms with Crippen molar-refractivity contribution in [2.24, 2.45) is 5.92 Å². The van der Waals surface area contributed by atoms with Crippen LogP contribution < -0.4 is 0 Å². The Hall–Kier alpha value is -0.960. The molecular weight excluding hydrogens is 210 g/mol. The smallest absolute Gasteiger partial charge is 0.159 e. The van der Waals surface area contributed by atoms with E-state index >= 15 is 0 Å². The van der Waals surface area contributed by atoms with E-state index in [1.165, 1.54) is 6.07 Å². The maximum atomic E-state index is 13.0. The lowest BCUT2D eigenvalue weighted by molar-refractivity contribution is 0.00952. The van der Waals surface area contributed by atoms with Crippen LogP contribution in [0.2, 0.25) is 0 Å². The van der Waals surface area contributed by atoms with E-state index in [1.54, 1.807) is 6.07 Å². The highest BCUT2D eigenvalue weighted by molar-refractivity contribution is 5.20. The van der Waals surface area contributed by atoms with Crippen LogP contribution in [0.1, 0.15) is 31.7 Å². The molecule has 2 rings (SSSR count). The van der Waals surface area contributed by atoms with Crippen molar-refractivity contribution in [3.8, 4) is 0 Å². The summed E-state index contributed by atoms with van der Waals surface area (Å²) in [7, 11) is 0. The van der Waals surface area contributed by atoms with Crippen molar-refractivity contribution in [2.45, 2.75) is 38.2 Å². The lowest BCUT2D eigenvalue weighted by Gasteiger charge is -2.27. The molecule has 88 valence electrons. The van der Waals surface area contributed by atoms with Gasteiger partial charge in [0.1, 0.15) is 0 Å². The van der Waals surface area contributed by atoms with Crippen LogP contribution in [0.4, 0.5) is 8.78 Å². The summed E-state index contributed by atoms with van der Waals surface area (Å²) in [6.07, 6.45) is 3.15. The Labute approximate surface area is 94.1 Å². The van der Waals surface area contributed by atoms with Gasteiger partial charge < -0.3 is 5.11 Å². The summed E-state index contributed by atoms with van der Waals surface area (Å²) in [5.41, 5.74) is -0.0836. The normalized spacial score (nSPS) is 29.6. The van der Waals surface area contributed by atoms with Gasteiger partial charge in [-0.1, -0.05) is 19.4 Å². The molecule has 0 radical (unpaired) electrons. The van der Waals surface area contributed by atoms with Crippen molar-refractivity contribution in [3.05, 3.63) is 35.4 Å². The SMILES string of the molecule is CC1CCCC1(O)Cc1ccc(F)c(F)c1. The lowest BCUT2D eigenvalue weighted by Crippen LogP contribution is -2.34. The number of aliphatic hydroxyl groups is 1. The maximum absolute atomic E-state index is 13.0. The molecule has 0 aliphatic heterocycles. The average molecular weight is 226 g/mol. The molecule has 1 aromatic rings. The average Bonchev–Trinajstić information content (AvgIpc) is 2.53. The molecule has 0 bridgehead atoms. The molecule has 2 atom stereocenters. The molecule has 0 saturated heterocycles. The van der Waals surface area contributed by atoms with Crippen LogP contribution in [0, 0.1) is 17.6 Å². The molecule has 1 aromatic carbocycles. The van der Waals surface area contributed by atoms with Crippen LogP contribution in [0.5, 0.6) is 0 Å². The van der Waals surface area contributed by atoms with Gasteiger partial charge in [0.05, 0.1) is 5.60 Å². The first-order chi connectivity index (χ1) is 7.51. The van der Waals surface area contributed by atoms with Crippen molar-refractivity contribution < 1.29 is 13.9 Å². The van der Waals surface area contributed by atoms with Gasteiger partial charge in [-0.15, -0.1) is 0 Å². The summed E-state index contributed by atoms with van der Waals surface area (Å²) in [6.45, 7) is 2.01. The molecular formula is C13H16F2O. The van der Waals surface area contributed by atoms with Gasteiger partial charge in [0, 0.05) is 6.42 Å². The van der Waals surface area contributed by atoms with E-state index in [0.29, 0.717) is 12.0 Å². The van der Waals surface area contributed by atoms with E-state index in [-0.39, 0.29) is 5.92 Å². The van der Waals surface area contributed by atoms with E-state index < -0.39 is 17.2 Å². The predicted octanol–water partition coefficient (Wildman–Crippen LogP) is 3.06. The minimum Gasteiger partial charge on any atom is -0.389 e. The Kier molecular flexibility index (Phi) is 2.98. The zero-order valence-electron chi connectivity index (χ0n) is 9.34. The fraction of sp³-hybridized carbons (Fsp3) is 0.538. The van der Waals surface area contributed by atoms with Crippen LogP contribution in [0.3, 0.4) is 0 Å². The summed E-state index contributed by atoms with van der Waals surface area (Å²) in [5.74, 6) is -1.46.